The van der Waals surface area contributed by atoms with Gasteiger partial charge in [0, 0.05) is 25.3 Å². The number of anilines is 1. The summed E-state index contributed by atoms with van der Waals surface area (Å²) < 4.78 is 0. The van der Waals surface area contributed by atoms with Crippen molar-refractivity contribution in [2.45, 2.75) is 25.8 Å². The molecule has 0 amide bonds. The molecule has 1 aliphatic heterocycles. The maximum Gasteiger partial charge on any atom is 0.0539 e. The predicted octanol–water partition coefficient (Wildman–Crippen LogP) is 2.26. The van der Waals surface area contributed by atoms with Gasteiger partial charge in [0.05, 0.1) is 6.04 Å². The molecule has 0 radical (unpaired) electrons. The number of benzene rings is 1. The van der Waals surface area contributed by atoms with E-state index in [2.05, 4.69) is 47.5 Å². The van der Waals surface area contributed by atoms with Crippen LogP contribution >= 0.6 is 0 Å². The fourth-order valence-electron chi connectivity index (χ4n) is 1.96. The summed E-state index contributed by atoms with van der Waals surface area (Å²) in [5.41, 5.74) is 1.37. The summed E-state index contributed by atoms with van der Waals surface area (Å²) in [6, 6.07) is 11.5. The van der Waals surface area contributed by atoms with Crippen LogP contribution in [0.4, 0.5) is 5.69 Å². The van der Waals surface area contributed by atoms with Gasteiger partial charge in [-0.1, -0.05) is 31.5 Å². The molecule has 15 heavy (non-hydrogen) atoms. The Morgan fingerprint density at radius 1 is 1.27 bits per heavy atom. The van der Waals surface area contributed by atoms with Gasteiger partial charge in [-0.3, -0.25) is 0 Å². The Hall–Kier alpha value is -1.02. The van der Waals surface area contributed by atoms with Crippen LogP contribution in [0.15, 0.2) is 30.3 Å². The van der Waals surface area contributed by atoms with Crippen molar-refractivity contribution < 1.29 is 0 Å². The smallest absolute Gasteiger partial charge is 0.0539 e. The van der Waals surface area contributed by atoms with E-state index in [1.54, 1.807) is 0 Å². The molecule has 0 unspecified atom stereocenters. The molecule has 1 aromatic rings. The van der Waals surface area contributed by atoms with Gasteiger partial charge in [-0.25, -0.2) is 0 Å². The van der Waals surface area contributed by atoms with E-state index in [4.69, 9.17) is 0 Å². The normalized spacial score (nSPS) is 16.1. The van der Waals surface area contributed by atoms with Crippen LogP contribution in [-0.2, 0) is 0 Å². The van der Waals surface area contributed by atoms with Gasteiger partial charge in [-0.2, -0.15) is 0 Å². The quantitative estimate of drug-likeness (QED) is 0.791. The lowest BCUT2D eigenvalue weighted by atomic mass is 10.1. The maximum atomic E-state index is 3.35. The van der Waals surface area contributed by atoms with Crippen LogP contribution < -0.4 is 10.2 Å². The molecule has 1 N–H and O–H groups in total. The van der Waals surface area contributed by atoms with E-state index in [9.17, 15) is 0 Å². The topological polar surface area (TPSA) is 15.3 Å². The van der Waals surface area contributed by atoms with Crippen molar-refractivity contribution in [3.05, 3.63) is 30.3 Å². The molecule has 0 saturated carbocycles. The second kappa shape index (κ2) is 5.17. The fourth-order valence-corrected chi connectivity index (χ4v) is 1.96. The van der Waals surface area contributed by atoms with Crippen molar-refractivity contribution in [3.63, 3.8) is 0 Å². The minimum atomic E-state index is 0.707. The minimum Gasteiger partial charge on any atom is -0.366 e. The molecule has 2 heteroatoms. The second-order valence-electron chi connectivity index (χ2n) is 4.19. The van der Waals surface area contributed by atoms with Crippen molar-refractivity contribution >= 4 is 5.69 Å². The summed E-state index contributed by atoms with van der Waals surface area (Å²) in [5.74, 6) is 0. The van der Waals surface area contributed by atoms with Crippen molar-refractivity contribution in [1.29, 1.82) is 0 Å². The minimum absolute atomic E-state index is 0.707. The van der Waals surface area contributed by atoms with Crippen molar-refractivity contribution in [2.24, 2.45) is 0 Å². The Morgan fingerprint density at radius 2 is 2.00 bits per heavy atom. The number of nitrogens with one attached hydrogen (secondary N) is 1. The molecule has 0 spiro atoms. The molecule has 2 nitrogen and oxygen atoms in total. The standard InChI is InChI=1S/C13H20N2/c1-2-3-9-15(13-10-14-11-13)12-7-5-4-6-8-12/h4-8,13-14H,2-3,9-11H2,1H3. The first-order valence-electron chi connectivity index (χ1n) is 5.94. The van der Waals surface area contributed by atoms with Crippen molar-refractivity contribution in [3.8, 4) is 0 Å². The molecule has 0 aromatic heterocycles. The molecule has 1 fully saturated rings. The maximum absolute atomic E-state index is 3.35. The first-order valence-corrected chi connectivity index (χ1v) is 5.94. The largest absolute Gasteiger partial charge is 0.366 e. The molecule has 2 rings (SSSR count). The van der Waals surface area contributed by atoms with Gasteiger partial charge in [0.1, 0.15) is 0 Å². The van der Waals surface area contributed by atoms with Gasteiger partial charge in [0.15, 0.2) is 0 Å². The van der Waals surface area contributed by atoms with Crippen LogP contribution in [0.3, 0.4) is 0 Å². The molecule has 0 aliphatic carbocycles. The third-order valence-corrected chi connectivity index (χ3v) is 3.04. The summed E-state index contributed by atoms with van der Waals surface area (Å²) in [6.07, 6.45) is 2.55. The first kappa shape index (κ1) is 10.5. The van der Waals surface area contributed by atoms with E-state index >= 15 is 0 Å². The van der Waals surface area contributed by atoms with Crippen molar-refractivity contribution in [2.75, 3.05) is 24.5 Å². The number of para-hydroxylation sites is 1. The van der Waals surface area contributed by atoms with Crippen LogP contribution in [0.25, 0.3) is 0 Å². The highest BCUT2D eigenvalue weighted by Crippen LogP contribution is 2.19. The zero-order valence-electron chi connectivity index (χ0n) is 9.45. The monoisotopic (exact) mass is 204 g/mol. The zero-order valence-corrected chi connectivity index (χ0v) is 9.45. The predicted molar refractivity (Wildman–Crippen MR) is 65.4 cm³/mol. The molecule has 1 saturated heterocycles. The van der Waals surface area contributed by atoms with E-state index < -0.39 is 0 Å². The molecular formula is C13H20N2. The number of nitrogens with zero attached hydrogens (tertiary/aromatic N) is 1. The lowest BCUT2D eigenvalue weighted by molar-refractivity contribution is 0.410. The second-order valence-corrected chi connectivity index (χ2v) is 4.19. The summed E-state index contributed by atoms with van der Waals surface area (Å²) >= 11 is 0. The van der Waals surface area contributed by atoms with Crippen molar-refractivity contribution in [1.82, 2.24) is 5.32 Å². The zero-order chi connectivity index (χ0) is 10.5. The Balaban J connectivity index is 2.04. The lowest BCUT2D eigenvalue weighted by Crippen LogP contribution is -2.57. The molecule has 82 valence electrons. The van der Waals surface area contributed by atoms with Gasteiger partial charge in [-0.05, 0) is 18.6 Å². The van der Waals surface area contributed by atoms with Gasteiger partial charge in [0.25, 0.3) is 0 Å². The van der Waals surface area contributed by atoms with Gasteiger partial charge < -0.3 is 10.2 Å². The van der Waals surface area contributed by atoms with E-state index in [0.29, 0.717) is 6.04 Å². The lowest BCUT2D eigenvalue weighted by Gasteiger charge is -2.40. The van der Waals surface area contributed by atoms with E-state index in [1.807, 2.05) is 0 Å². The summed E-state index contributed by atoms with van der Waals surface area (Å²) in [6.45, 7) is 5.71. The number of unbranched alkanes of at least 4 members (excludes halogenated alkanes) is 1. The van der Waals surface area contributed by atoms with E-state index in [1.165, 1.54) is 25.1 Å². The molecule has 0 bridgehead atoms. The first-order chi connectivity index (χ1) is 7.42. The fraction of sp³-hybridized carbons (Fsp3) is 0.538. The average molecular weight is 204 g/mol. The highest BCUT2D eigenvalue weighted by atomic mass is 15.2. The number of hydrogen-bond donors (Lipinski definition) is 1. The van der Waals surface area contributed by atoms with Crippen LogP contribution in [-0.4, -0.2) is 25.7 Å². The third-order valence-electron chi connectivity index (χ3n) is 3.04. The average Bonchev–Trinajstić information content (AvgIpc) is 2.22. The molecular weight excluding hydrogens is 184 g/mol. The highest BCUT2D eigenvalue weighted by molar-refractivity contribution is 5.47. The van der Waals surface area contributed by atoms with Gasteiger partial charge in [-0.15, -0.1) is 0 Å². The Morgan fingerprint density at radius 3 is 2.53 bits per heavy atom. The summed E-state index contributed by atoms with van der Waals surface area (Å²) in [5, 5.41) is 3.35. The van der Waals surface area contributed by atoms with Gasteiger partial charge in [0.2, 0.25) is 0 Å². The van der Waals surface area contributed by atoms with Crippen LogP contribution in [0.1, 0.15) is 19.8 Å². The Kier molecular flexibility index (Phi) is 3.62. The molecule has 0 atom stereocenters. The SMILES string of the molecule is CCCCN(c1ccccc1)C1CNC1. The molecule has 1 heterocycles. The molecule has 1 aliphatic rings. The van der Waals surface area contributed by atoms with E-state index in [0.717, 1.165) is 13.1 Å². The highest BCUT2D eigenvalue weighted by Gasteiger charge is 2.23. The summed E-state index contributed by atoms with van der Waals surface area (Å²) in [4.78, 5) is 2.54. The van der Waals surface area contributed by atoms with Crippen LogP contribution in [0.5, 0.6) is 0 Å². The van der Waals surface area contributed by atoms with Gasteiger partial charge >= 0.3 is 0 Å². The van der Waals surface area contributed by atoms with Crippen LogP contribution in [0, 0.1) is 0 Å². The van der Waals surface area contributed by atoms with Crippen LogP contribution in [0.2, 0.25) is 0 Å². The third kappa shape index (κ3) is 2.51. The number of rotatable bonds is 5. The molecule has 1 aromatic carbocycles. The summed E-state index contributed by atoms with van der Waals surface area (Å²) in [7, 11) is 0. The number of hydrogen-bond acceptors (Lipinski definition) is 2. The van der Waals surface area contributed by atoms with E-state index in [-0.39, 0.29) is 0 Å². The Bertz CT molecular complexity index is 280. The Labute approximate surface area is 92.3 Å².